The Kier molecular flexibility index (Phi) is 6.19. The van der Waals surface area contributed by atoms with Gasteiger partial charge in [0.25, 0.3) is 5.91 Å². The molecule has 0 aromatic heterocycles. The molecule has 1 aliphatic rings. The Morgan fingerprint density at radius 2 is 2.09 bits per heavy atom. The minimum atomic E-state index is -4.81. The van der Waals surface area contributed by atoms with E-state index in [9.17, 15) is 22.4 Å². The Labute approximate surface area is 132 Å². The number of rotatable bonds is 3. The van der Waals surface area contributed by atoms with Crippen LogP contribution in [0.1, 0.15) is 28.8 Å². The highest BCUT2D eigenvalue weighted by Crippen LogP contribution is 2.33. The fourth-order valence-corrected chi connectivity index (χ4v) is 2.62. The molecule has 1 saturated heterocycles. The van der Waals surface area contributed by atoms with Crippen LogP contribution in [0.25, 0.3) is 0 Å². The number of nitrogens with zero attached hydrogens (tertiary/aromatic N) is 1. The van der Waals surface area contributed by atoms with E-state index < -0.39 is 29.0 Å². The van der Waals surface area contributed by atoms with Crippen LogP contribution < -0.4 is 5.32 Å². The minimum Gasteiger partial charge on any atom is -0.334 e. The van der Waals surface area contributed by atoms with Crippen molar-refractivity contribution in [2.24, 2.45) is 0 Å². The zero-order valence-corrected chi connectivity index (χ0v) is 12.7. The van der Waals surface area contributed by atoms with Gasteiger partial charge in [-0.1, -0.05) is 6.07 Å². The van der Waals surface area contributed by atoms with Crippen molar-refractivity contribution in [1.82, 2.24) is 10.2 Å². The third-order valence-electron chi connectivity index (χ3n) is 3.61. The average Bonchev–Trinajstić information content (AvgIpc) is 2.85. The summed E-state index contributed by atoms with van der Waals surface area (Å²) < 4.78 is 52.1. The molecule has 0 radical (unpaired) electrons. The normalized spacial score (nSPS) is 18.2. The summed E-state index contributed by atoms with van der Waals surface area (Å²) in [5, 5.41) is 2.93. The first-order valence-corrected chi connectivity index (χ1v) is 6.67. The monoisotopic (exact) mass is 340 g/mol. The van der Waals surface area contributed by atoms with Crippen molar-refractivity contribution in [2.75, 3.05) is 20.1 Å². The maximum Gasteiger partial charge on any atom is 0.419 e. The standard InChI is InChI=1S/C14H16F4N2O.ClH/c1-19-8-9-4-3-7-20(9)13(21)10-5-2-6-11(12(10)15)14(16,17)18;/h2,5-6,9,19H,3-4,7-8H2,1H3;1H. The quantitative estimate of drug-likeness (QED) is 0.858. The van der Waals surface area contributed by atoms with E-state index in [0.29, 0.717) is 19.2 Å². The molecule has 1 unspecified atom stereocenters. The number of amides is 1. The van der Waals surface area contributed by atoms with Crippen LogP contribution in [0.2, 0.25) is 0 Å². The SMILES string of the molecule is CNCC1CCCN1C(=O)c1cccc(C(F)(F)F)c1F.Cl. The van der Waals surface area contributed by atoms with Gasteiger partial charge >= 0.3 is 6.18 Å². The second-order valence-corrected chi connectivity index (χ2v) is 5.02. The molecule has 0 bridgehead atoms. The summed E-state index contributed by atoms with van der Waals surface area (Å²) in [5.41, 5.74) is -1.93. The molecule has 1 atom stereocenters. The maximum atomic E-state index is 14.0. The summed E-state index contributed by atoms with van der Waals surface area (Å²) in [6.45, 7) is 0.965. The van der Waals surface area contributed by atoms with Gasteiger partial charge in [-0.05, 0) is 32.0 Å². The Balaban J connectivity index is 0.00000242. The lowest BCUT2D eigenvalue weighted by Gasteiger charge is -2.25. The summed E-state index contributed by atoms with van der Waals surface area (Å²) in [6.07, 6.45) is -3.29. The summed E-state index contributed by atoms with van der Waals surface area (Å²) in [5.74, 6) is -2.18. The van der Waals surface area contributed by atoms with Gasteiger partial charge in [0.2, 0.25) is 0 Å². The van der Waals surface area contributed by atoms with Gasteiger partial charge in [-0.3, -0.25) is 4.79 Å². The van der Waals surface area contributed by atoms with Gasteiger partial charge in [-0.25, -0.2) is 4.39 Å². The van der Waals surface area contributed by atoms with Crippen LogP contribution in [0.3, 0.4) is 0 Å². The Bertz CT molecular complexity index is 536. The van der Waals surface area contributed by atoms with Crippen molar-refractivity contribution in [1.29, 1.82) is 0 Å². The molecule has 1 amide bonds. The van der Waals surface area contributed by atoms with Gasteiger partial charge in [-0.15, -0.1) is 12.4 Å². The first kappa shape index (κ1) is 18.7. The third-order valence-corrected chi connectivity index (χ3v) is 3.61. The highest BCUT2D eigenvalue weighted by Gasteiger charge is 2.37. The lowest BCUT2D eigenvalue weighted by atomic mass is 10.1. The van der Waals surface area contributed by atoms with Crippen molar-refractivity contribution in [3.63, 3.8) is 0 Å². The van der Waals surface area contributed by atoms with Gasteiger partial charge in [0, 0.05) is 19.1 Å². The number of hydrogen-bond acceptors (Lipinski definition) is 2. The van der Waals surface area contributed by atoms with Crippen LogP contribution in [-0.4, -0.2) is 37.0 Å². The van der Waals surface area contributed by atoms with Crippen molar-refractivity contribution >= 4 is 18.3 Å². The molecule has 8 heteroatoms. The van der Waals surface area contributed by atoms with E-state index in [4.69, 9.17) is 0 Å². The number of halogens is 5. The van der Waals surface area contributed by atoms with Gasteiger partial charge in [0.1, 0.15) is 5.82 Å². The molecule has 0 saturated carbocycles. The van der Waals surface area contributed by atoms with E-state index in [1.807, 2.05) is 0 Å². The largest absolute Gasteiger partial charge is 0.419 e. The highest BCUT2D eigenvalue weighted by atomic mass is 35.5. The summed E-state index contributed by atoms with van der Waals surface area (Å²) in [7, 11) is 1.73. The Morgan fingerprint density at radius 3 is 2.68 bits per heavy atom. The van der Waals surface area contributed by atoms with E-state index in [1.165, 1.54) is 4.90 Å². The van der Waals surface area contributed by atoms with Crippen molar-refractivity contribution in [3.8, 4) is 0 Å². The summed E-state index contributed by atoms with van der Waals surface area (Å²) >= 11 is 0. The summed E-state index contributed by atoms with van der Waals surface area (Å²) in [6, 6.07) is 2.68. The molecule has 1 aromatic rings. The molecule has 2 rings (SSSR count). The lowest BCUT2D eigenvalue weighted by Crippen LogP contribution is -2.41. The van der Waals surface area contributed by atoms with Crippen LogP contribution in [0.4, 0.5) is 17.6 Å². The van der Waals surface area contributed by atoms with Crippen molar-refractivity contribution in [2.45, 2.75) is 25.1 Å². The molecule has 1 aliphatic heterocycles. The predicted molar refractivity (Wildman–Crippen MR) is 76.6 cm³/mol. The van der Waals surface area contributed by atoms with E-state index in [0.717, 1.165) is 25.0 Å². The molecule has 1 aromatic carbocycles. The number of hydrogen-bond donors (Lipinski definition) is 1. The second kappa shape index (κ2) is 7.28. The zero-order valence-electron chi connectivity index (χ0n) is 11.9. The average molecular weight is 341 g/mol. The predicted octanol–water partition coefficient (Wildman–Crippen LogP) is 3.09. The molecule has 1 fully saturated rings. The van der Waals surface area contributed by atoms with Crippen LogP contribution in [-0.2, 0) is 6.18 Å². The van der Waals surface area contributed by atoms with Crippen LogP contribution >= 0.6 is 12.4 Å². The van der Waals surface area contributed by atoms with Gasteiger partial charge in [0.15, 0.2) is 0 Å². The number of benzene rings is 1. The van der Waals surface area contributed by atoms with E-state index in [2.05, 4.69) is 5.32 Å². The van der Waals surface area contributed by atoms with Crippen LogP contribution in [0.5, 0.6) is 0 Å². The minimum absolute atomic E-state index is 0. The molecule has 0 aliphatic carbocycles. The van der Waals surface area contributed by atoms with E-state index in [1.54, 1.807) is 7.05 Å². The Hall–Kier alpha value is -1.34. The summed E-state index contributed by atoms with van der Waals surface area (Å²) in [4.78, 5) is 13.8. The smallest absolute Gasteiger partial charge is 0.334 e. The van der Waals surface area contributed by atoms with E-state index in [-0.39, 0.29) is 18.4 Å². The van der Waals surface area contributed by atoms with E-state index >= 15 is 0 Å². The number of carbonyl (C=O) groups excluding carboxylic acids is 1. The molecule has 124 valence electrons. The first-order valence-electron chi connectivity index (χ1n) is 6.67. The number of likely N-dealkylation sites (N-methyl/N-ethyl adjacent to an activating group) is 1. The maximum absolute atomic E-state index is 14.0. The number of alkyl halides is 3. The molecule has 0 spiro atoms. The molecule has 1 heterocycles. The number of likely N-dealkylation sites (tertiary alicyclic amines) is 1. The zero-order chi connectivity index (χ0) is 15.6. The molecular formula is C14H17ClF4N2O. The third kappa shape index (κ3) is 3.70. The van der Waals surface area contributed by atoms with Gasteiger partial charge < -0.3 is 10.2 Å². The fraction of sp³-hybridized carbons (Fsp3) is 0.500. The fourth-order valence-electron chi connectivity index (χ4n) is 2.62. The van der Waals surface area contributed by atoms with Crippen molar-refractivity contribution < 1.29 is 22.4 Å². The van der Waals surface area contributed by atoms with Crippen LogP contribution in [0, 0.1) is 5.82 Å². The highest BCUT2D eigenvalue weighted by molar-refractivity contribution is 5.95. The molecule has 1 N–H and O–H groups in total. The molecular weight excluding hydrogens is 324 g/mol. The second-order valence-electron chi connectivity index (χ2n) is 5.02. The van der Waals surface area contributed by atoms with Gasteiger partial charge in [0.05, 0.1) is 11.1 Å². The molecule has 22 heavy (non-hydrogen) atoms. The molecule has 3 nitrogen and oxygen atoms in total. The number of carbonyl (C=O) groups is 1. The van der Waals surface area contributed by atoms with Crippen LogP contribution in [0.15, 0.2) is 18.2 Å². The Morgan fingerprint density at radius 1 is 1.41 bits per heavy atom. The topological polar surface area (TPSA) is 32.3 Å². The van der Waals surface area contributed by atoms with Crippen molar-refractivity contribution in [3.05, 3.63) is 35.1 Å². The first-order chi connectivity index (χ1) is 9.86. The lowest BCUT2D eigenvalue weighted by molar-refractivity contribution is -0.140. The van der Waals surface area contributed by atoms with Gasteiger partial charge in [-0.2, -0.15) is 13.2 Å². The number of nitrogens with one attached hydrogen (secondary N) is 1.